The van der Waals surface area contributed by atoms with Gasteiger partial charge in [-0.15, -0.1) is 0 Å². The predicted octanol–water partition coefficient (Wildman–Crippen LogP) is 5.57. The van der Waals surface area contributed by atoms with E-state index in [0.29, 0.717) is 39.3 Å². The number of aliphatic hydroxyl groups is 1. The Morgan fingerprint density at radius 1 is 0.900 bits per heavy atom. The molecule has 1 saturated heterocycles. The van der Waals surface area contributed by atoms with Gasteiger partial charge in [-0.2, -0.15) is 0 Å². The third-order valence-electron chi connectivity index (χ3n) is 6.84. The normalized spacial score (nSPS) is 16.4. The minimum Gasteiger partial charge on any atom is -0.507 e. The monoisotopic (exact) mass is 560 g/mol. The van der Waals surface area contributed by atoms with Crippen LogP contribution in [0.2, 0.25) is 0 Å². The molecule has 206 valence electrons. The van der Waals surface area contributed by atoms with E-state index < -0.39 is 17.7 Å². The molecule has 10 heteroatoms. The molecule has 1 aliphatic rings. The van der Waals surface area contributed by atoms with Gasteiger partial charge in [0.05, 0.1) is 50.3 Å². The Balaban J connectivity index is 1.78. The molecule has 3 aromatic carbocycles. The Kier molecular flexibility index (Phi) is 7.12. The van der Waals surface area contributed by atoms with Crippen LogP contribution in [0.4, 0.5) is 5.13 Å². The first kappa shape index (κ1) is 27.0. The van der Waals surface area contributed by atoms with Gasteiger partial charge in [-0.3, -0.25) is 14.5 Å². The molecule has 4 aromatic rings. The number of aryl methyl sites for hydroxylation is 2. The summed E-state index contributed by atoms with van der Waals surface area (Å²) in [6.07, 6.45) is 0. The molecule has 2 heterocycles. The number of anilines is 1. The maximum atomic E-state index is 13.7. The van der Waals surface area contributed by atoms with Gasteiger partial charge in [0, 0.05) is 5.56 Å². The molecule has 0 saturated carbocycles. The molecule has 0 aliphatic carbocycles. The van der Waals surface area contributed by atoms with Crippen molar-refractivity contribution in [2.75, 3.05) is 33.3 Å². The van der Waals surface area contributed by atoms with E-state index in [1.165, 1.54) is 44.7 Å². The van der Waals surface area contributed by atoms with E-state index in [1.807, 2.05) is 26.0 Å². The standard InChI is InChI=1S/C30H28N2O7S/c1-15-11-16(2)24-22(12-15)40-30(31-24)32-25(18-13-20(37-4)28(39-6)21(14-18)38-5)23(27(34)29(32)35)26(33)17-7-9-19(36-3)10-8-17/h7-14,25,33H,1-6H3/t25-/m0/s1. The van der Waals surface area contributed by atoms with Crippen molar-refractivity contribution in [1.82, 2.24) is 4.98 Å². The van der Waals surface area contributed by atoms with Crippen LogP contribution < -0.4 is 23.8 Å². The Bertz CT molecular complexity index is 1650. The van der Waals surface area contributed by atoms with Crippen molar-refractivity contribution in [2.24, 2.45) is 0 Å². The summed E-state index contributed by atoms with van der Waals surface area (Å²) < 4.78 is 22.7. The minimum absolute atomic E-state index is 0.0865. The molecule has 1 atom stereocenters. The topological polar surface area (TPSA) is 107 Å². The van der Waals surface area contributed by atoms with Gasteiger partial charge in [-0.05, 0) is 73.0 Å². The fourth-order valence-corrected chi connectivity index (χ4v) is 6.14. The van der Waals surface area contributed by atoms with Gasteiger partial charge in [0.25, 0.3) is 5.78 Å². The number of thiazole rings is 1. The number of nitrogens with zero attached hydrogens (tertiary/aromatic N) is 2. The SMILES string of the molecule is COc1ccc(C(O)=C2C(=O)C(=O)N(c3nc4c(C)cc(C)cc4s3)[C@H]2c2cc(OC)c(OC)c(OC)c2)cc1. The molecule has 1 N–H and O–H groups in total. The smallest absolute Gasteiger partial charge is 0.301 e. The average Bonchev–Trinajstić information content (AvgIpc) is 3.50. The second kappa shape index (κ2) is 10.5. The molecule has 0 bridgehead atoms. The fourth-order valence-electron chi connectivity index (χ4n) is 4.97. The van der Waals surface area contributed by atoms with Crippen LogP contribution in [0.1, 0.15) is 28.3 Å². The van der Waals surface area contributed by atoms with Gasteiger partial charge in [0.15, 0.2) is 16.6 Å². The summed E-state index contributed by atoms with van der Waals surface area (Å²) in [4.78, 5) is 33.4. The third kappa shape index (κ3) is 4.40. The highest BCUT2D eigenvalue weighted by Crippen LogP contribution is 2.48. The van der Waals surface area contributed by atoms with Crippen LogP contribution in [-0.2, 0) is 9.59 Å². The molecular formula is C30H28N2O7S. The van der Waals surface area contributed by atoms with Crippen LogP contribution in [0.5, 0.6) is 23.0 Å². The van der Waals surface area contributed by atoms with Crippen LogP contribution in [-0.4, -0.2) is 50.2 Å². The zero-order valence-electron chi connectivity index (χ0n) is 22.9. The van der Waals surface area contributed by atoms with E-state index in [1.54, 1.807) is 36.4 Å². The molecule has 40 heavy (non-hydrogen) atoms. The Morgan fingerprint density at radius 2 is 1.55 bits per heavy atom. The lowest BCUT2D eigenvalue weighted by Crippen LogP contribution is -2.29. The molecule has 1 aromatic heterocycles. The van der Waals surface area contributed by atoms with E-state index in [2.05, 4.69) is 0 Å². The Morgan fingerprint density at radius 3 is 2.12 bits per heavy atom. The number of hydrogen-bond donors (Lipinski definition) is 1. The van der Waals surface area contributed by atoms with Crippen molar-refractivity contribution in [1.29, 1.82) is 0 Å². The number of aliphatic hydroxyl groups excluding tert-OH is 1. The van der Waals surface area contributed by atoms with E-state index >= 15 is 0 Å². The van der Waals surface area contributed by atoms with Crippen molar-refractivity contribution in [3.05, 3.63) is 76.4 Å². The van der Waals surface area contributed by atoms with Crippen LogP contribution in [0.25, 0.3) is 16.0 Å². The van der Waals surface area contributed by atoms with Gasteiger partial charge >= 0.3 is 5.91 Å². The number of amides is 1. The zero-order valence-corrected chi connectivity index (χ0v) is 23.7. The quantitative estimate of drug-likeness (QED) is 0.178. The molecular weight excluding hydrogens is 532 g/mol. The zero-order chi connectivity index (χ0) is 28.7. The Hall–Kier alpha value is -4.57. The summed E-state index contributed by atoms with van der Waals surface area (Å²) in [6, 6.07) is 12.9. The number of Topliss-reactive ketones (excluding diaryl/α,β-unsaturated/α-hetero) is 1. The summed E-state index contributed by atoms with van der Waals surface area (Å²) in [5.41, 5.74) is 3.49. The second-order valence-electron chi connectivity index (χ2n) is 9.28. The number of ketones is 1. The molecule has 0 unspecified atom stereocenters. The molecule has 0 radical (unpaired) electrons. The lowest BCUT2D eigenvalue weighted by molar-refractivity contribution is -0.132. The van der Waals surface area contributed by atoms with Gasteiger partial charge < -0.3 is 24.1 Å². The van der Waals surface area contributed by atoms with Gasteiger partial charge in [-0.1, -0.05) is 17.4 Å². The Labute approximate surface area is 235 Å². The molecule has 1 amide bonds. The lowest BCUT2D eigenvalue weighted by atomic mass is 9.94. The van der Waals surface area contributed by atoms with Crippen molar-refractivity contribution in [3.63, 3.8) is 0 Å². The number of fused-ring (bicyclic) bond motifs is 1. The first-order chi connectivity index (χ1) is 19.2. The number of carbonyl (C=O) groups is 2. The number of benzene rings is 3. The summed E-state index contributed by atoms with van der Waals surface area (Å²) in [5, 5.41) is 11.8. The summed E-state index contributed by atoms with van der Waals surface area (Å²) in [5.74, 6) is -0.354. The first-order valence-corrected chi connectivity index (χ1v) is 13.2. The number of methoxy groups -OCH3 is 4. The molecule has 9 nitrogen and oxygen atoms in total. The average molecular weight is 561 g/mol. The van der Waals surface area contributed by atoms with Crippen LogP contribution in [0, 0.1) is 13.8 Å². The van der Waals surface area contributed by atoms with E-state index in [9.17, 15) is 14.7 Å². The number of carbonyl (C=O) groups excluding carboxylic acids is 2. The fraction of sp³-hybridized carbons (Fsp3) is 0.233. The molecule has 0 spiro atoms. The van der Waals surface area contributed by atoms with Gasteiger partial charge in [0.1, 0.15) is 11.5 Å². The van der Waals surface area contributed by atoms with Crippen molar-refractivity contribution in [2.45, 2.75) is 19.9 Å². The maximum Gasteiger partial charge on any atom is 0.301 e. The highest BCUT2D eigenvalue weighted by Gasteiger charge is 2.48. The molecule has 1 fully saturated rings. The highest BCUT2D eigenvalue weighted by atomic mass is 32.1. The van der Waals surface area contributed by atoms with Gasteiger partial charge in [0.2, 0.25) is 5.75 Å². The predicted molar refractivity (Wildman–Crippen MR) is 153 cm³/mol. The van der Waals surface area contributed by atoms with E-state index in [4.69, 9.17) is 23.9 Å². The largest absolute Gasteiger partial charge is 0.507 e. The number of aromatic nitrogens is 1. The number of rotatable bonds is 7. The first-order valence-electron chi connectivity index (χ1n) is 12.4. The van der Waals surface area contributed by atoms with Crippen molar-refractivity contribution in [3.8, 4) is 23.0 Å². The minimum atomic E-state index is -1.03. The highest BCUT2D eigenvalue weighted by molar-refractivity contribution is 7.22. The summed E-state index contributed by atoms with van der Waals surface area (Å²) in [6.45, 7) is 3.94. The number of ether oxygens (including phenoxy) is 4. The third-order valence-corrected chi connectivity index (χ3v) is 7.84. The van der Waals surface area contributed by atoms with Crippen LogP contribution in [0.15, 0.2) is 54.1 Å². The molecule has 5 rings (SSSR count). The van der Waals surface area contributed by atoms with Crippen LogP contribution in [0.3, 0.4) is 0 Å². The maximum absolute atomic E-state index is 13.7. The summed E-state index contributed by atoms with van der Waals surface area (Å²) >= 11 is 1.30. The van der Waals surface area contributed by atoms with E-state index in [-0.39, 0.29) is 11.3 Å². The molecule has 1 aliphatic heterocycles. The second-order valence-corrected chi connectivity index (χ2v) is 10.3. The van der Waals surface area contributed by atoms with E-state index in [0.717, 1.165) is 21.3 Å². The lowest BCUT2D eigenvalue weighted by Gasteiger charge is -2.24. The number of hydrogen-bond acceptors (Lipinski definition) is 9. The van der Waals surface area contributed by atoms with Crippen molar-refractivity contribution < 1.29 is 33.6 Å². The summed E-state index contributed by atoms with van der Waals surface area (Å²) in [7, 11) is 5.98. The van der Waals surface area contributed by atoms with Gasteiger partial charge in [-0.25, -0.2) is 4.98 Å². The van der Waals surface area contributed by atoms with Crippen molar-refractivity contribution >= 4 is 44.1 Å². The van der Waals surface area contributed by atoms with Crippen LogP contribution >= 0.6 is 11.3 Å².